The van der Waals surface area contributed by atoms with Gasteiger partial charge in [0, 0.05) is 10.2 Å². The van der Waals surface area contributed by atoms with E-state index in [9.17, 15) is 9.18 Å². The summed E-state index contributed by atoms with van der Waals surface area (Å²) >= 11 is 4.52. The highest BCUT2D eigenvalue weighted by atomic mass is 79.9. The number of halogens is 2. The van der Waals surface area contributed by atoms with Gasteiger partial charge < -0.3 is 9.15 Å². The van der Waals surface area contributed by atoms with Crippen LogP contribution in [0.5, 0.6) is 0 Å². The second-order valence-corrected chi connectivity index (χ2v) is 5.40. The lowest BCUT2D eigenvalue weighted by Crippen LogP contribution is -2.04. The second kappa shape index (κ2) is 6.85. The van der Waals surface area contributed by atoms with E-state index >= 15 is 0 Å². The van der Waals surface area contributed by atoms with Gasteiger partial charge in [-0.3, -0.25) is 0 Å². The van der Waals surface area contributed by atoms with E-state index in [-0.39, 0.29) is 23.5 Å². The van der Waals surface area contributed by atoms with Gasteiger partial charge in [-0.1, -0.05) is 38.9 Å². The van der Waals surface area contributed by atoms with Crippen molar-refractivity contribution in [1.82, 2.24) is 10.2 Å². The molecule has 0 saturated heterocycles. The molecule has 0 fully saturated rings. The third kappa shape index (κ3) is 3.80. The summed E-state index contributed by atoms with van der Waals surface area (Å²) in [5.74, 6) is -0.624. The average Bonchev–Trinajstić information content (AvgIpc) is 2.87. The van der Waals surface area contributed by atoms with Crippen molar-refractivity contribution in [3.63, 3.8) is 0 Å². The predicted octanol–water partition coefficient (Wildman–Crippen LogP) is 3.44. The molecule has 0 N–H and O–H groups in total. The number of hydrogen-bond donors (Lipinski definition) is 0. The first-order valence-corrected chi connectivity index (χ1v) is 7.45. The van der Waals surface area contributed by atoms with Gasteiger partial charge in [-0.05, 0) is 24.6 Å². The Morgan fingerprint density at radius 2 is 2.30 bits per heavy atom. The average molecular weight is 361 g/mol. The Morgan fingerprint density at radius 3 is 3.00 bits per heavy atom. The Hall–Kier alpha value is -1.41. The van der Waals surface area contributed by atoms with Gasteiger partial charge in [0.05, 0.1) is 6.61 Å². The molecule has 5 nitrogen and oxygen atoms in total. The van der Waals surface area contributed by atoms with Crippen molar-refractivity contribution < 1.29 is 18.3 Å². The van der Waals surface area contributed by atoms with Crippen LogP contribution in [0.2, 0.25) is 0 Å². The number of aromatic nitrogens is 2. The van der Waals surface area contributed by atoms with E-state index in [2.05, 4.69) is 26.1 Å². The zero-order chi connectivity index (χ0) is 14.5. The maximum atomic E-state index is 12.9. The number of esters is 1. The zero-order valence-corrected chi connectivity index (χ0v) is 12.8. The Labute approximate surface area is 127 Å². The molecule has 1 aromatic carbocycles. The minimum Gasteiger partial charge on any atom is -0.459 e. The number of carbonyl (C=O) groups is 1. The standard InChI is InChI=1S/C12H10BrFN2O3S/c1-2-18-11(17)10-15-16-12(19-10)20-6-7-3-4-8(14)5-9(7)13/h3-5H,2,6H2,1H3. The van der Waals surface area contributed by atoms with Crippen LogP contribution in [0.3, 0.4) is 0 Å². The number of carbonyl (C=O) groups excluding carboxylic acids is 1. The molecular formula is C12H10BrFN2O3S. The molecule has 0 bridgehead atoms. The van der Waals surface area contributed by atoms with E-state index < -0.39 is 5.97 Å². The maximum absolute atomic E-state index is 12.9. The van der Waals surface area contributed by atoms with E-state index in [0.717, 1.165) is 5.56 Å². The van der Waals surface area contributed by atoms with Crippen LogP contribution >= 0.6 is 27.7 Å². The van der Waals surface area contributed by atoms with Crippen molar-refractivity contribution in [3.05, 3.63) is 39.9 Å². The number of hydrogen-bond acceptors (Lipinski definition) is 6. The summed E-state index contributed by atoms with van der Waals surface area (Å²) in [5.41, 5.74) is 0.882. The van der Waals surface area contributed by atoms with Crippen molar-refractivity contribution in [2.45, 2.75) is 17.9 Å². The van der Waals surface area contributed by atoms with Crippen molar-refractivity contribution in [3.8, 4) is 0 Å². The fraction of sp³-hybridized carbons (Fsp3) is 0.250. The lowest BCUT2D eigenvalue weighted by atomic mass is 10.2. The van der Waals surface area contributed by atoms with E-state index in [1.807, 2.05) is 0 Å². The van der Waals surface area contributed by atoms with Gasteiger partial charge in [0.2, 0.25) is 0 Å². The van der Waals surface area contributed by atoms with E-state index in [1.54, 1.807) is 13.0 Å². The van der Waals surface area contributed by atoms with Gasteiger partial charge in [0.15, 0.2) is 0 Å². The molecule has 1 aromatic heterocycles. The minimum absolute atomic E-state index is 0.174. The normalized spacial score (nSPS) is 10.6. The van der Waals surface area contributed by atoms with Crippen LogP contribution in [0.4, 0.5) is 4.39 Å². The Morgan fingerprint density at radius 1 is 1.50 bits per heavy atom. The van der Waals surface area contributed by atoms with Crippen molar-refractivity contribution >= 4 is 33.7 Å². The van der Waals surface area contributed by atoms with Crippen LogP contribution in [0.15, 0.2) is 32.3 Å². The summed E-state index contributed by atoms with van der Waals surface area (Å²) in [4.78, 5) is 11.3. The third-order valence-electron chi connectivity index (χ3n) is 2.22. The molecule has 0 aliphatic carbocycles. The highest BCUT2D eigenvalue weighted by molar-refractivity contribution is 9.10. The van der Waals surface area contributed by atoms with Crippen LogP contribution in [0.25, 0.3) is 0 Å². The maximum Gasteiger partial charge on any atom is 0.396 e. The summed E-state index contributed by atoms with van der Waals surface area (Å²) in [6, 6.07) is 4.42. The highest BCUT2D eigenvalue weighted by Crippen LogP contribution is 2.26. The van der Waals surface area contributed by atoms with Crippen LogP contribution in [-0.4, -0.2) is 22.8 Å². The van der Waals surface area contributed by atoms with Gasteiger partial charge in [0.1, 0.15) is 5.82 Å². The molecule has 0 amide bonds. The number of rotatable bonds is 5. The van der Waals surface area contributed by atoms with Gasteiger partial charge in [-0.15, -0.1) is 5.10 Å². The molecule has 106 valence electrons. The van der Waals surface area contributed by atoms with Crippen molar-refractivity contribution in [2.75, 3.05) is 6.61 Å². The molecule has 20 heavy (non-hydrogen) atoms. The summed E-state index contributed by atoms with van der Waals surface area (Å²) < 4.78 is 23.5. The Balaban J connectivity index is 1.99. The van der Waals surface area contributed by atoms with Crippen LogP contribution in [0, 0.1) is 5.82 Å². The van der Waals surface area contributed by atoms with Gasteiger partial charge >= 0.3 is 11.9 Å². The first kappa shape index (κ1) is 15.0. The van der Waals surface area contributed by atoms with Crippen LogP contribution in [-0.2, 0) is 10.5 Å². The predicted molar refractivity (Wildman–Crippen MR) is 73.9 cm³/mol. The molecule has 0 aliphatic heterocycles. The number of ether oxygens (including phenoxy) is 1. The van der Waals surface area contributed by atoms with E-state index in [1.165, 1.54) is 23.9 Å². The van der Waals surface area contributed by atoms with Crippen molar-refractivity contribution in [1.29, 1.82) is 0 Å². The molecule has 8 heteroatoms. The summed E-state index contributed by atoms with van der Waals surface area (Å²) in [7, 11) is 0. The number of benzene rings is 1. The number of thioether (sulfide) groups is 1. The SMILES string of the molecule is CCOC(=O)c1nnc(SCc2ccc(F)cc2Br)o1. The van der Waals surface area contributed by atoms with Gasteiger partial charge in [-0.25, -0.2) is 9.18 Å². The molecule has 2 aromatic rings. The third-order valence-corrected chi connectivity index (χ3v) is 3.83. The van der Waals surface area contributed by atoms with Crippen molar-refractivity contribution in [2.24, 2.45) is 0 Å². The van der Waals surface area contributed by atoms with E-state index in [4.69, 9.17) is 9.15 Å². The molecule has 0 aliphatic rings. The Bertz CT molecular complexity index is 620. The van der Waals surface area contributed by atoms with E-state index in [0.29, 0.717) is 10.2 Å². The Kier molecular flexibility index (Phi) is 5.13. The summed E-state index contributed by atoms with van der Waals surface area (Å²) in [6.07, 6.45) is 0. The van der Waals surface area contributed by atoms with Crippen LogP contribution in [0.1, 0.15) is 23.2 Å². The monoisotopic (exact) mass is 360 g/mol. The second-order valence-electron chi connectivity index (χ2n) is 3.62. The fourth-order valence-electron chi connectivity index (χ4n) is 1.32. The molecule has 0 radical (unpaired) electrons. The topological polar surface area (TPSA) is 65.2 Å². The zero-order valence-electron chi connectivity index (χ0n) is 10.4. The minimum atomic E-state index is -0.644. The first-order valence-electron chi connectivity index (χ1n) is 5.67. The smallest absolute Gasteiger partial charge is 0.396 e. The quantitative estimate of drug-likeness (QED) is 0.601. The molecule has 0 atom stereocenters. The highest BCUT2D eigenvalue weighted by Gasteiger charge is 2.16. The van der Waals surface area contributed by atoms with Gasteiger partial charge in [0.25, 0.3) is 5.22 Å². The van der Waals surface area contributed by atoms with Crippen LogP contribution < -0.4 is 0 Å². The molecule has 2 rings (SSSR count). The molecule has 0 unspecified atom stereocenters. The molecule has 1 heterocycles. The fourth-order valence-corrected chi connectivity index (χ4v) is 2.77. The molecule has 0 spiro atoms. The largest absolute Gasteiger partial charge is 0.459 e. The summed E-state index contributed by atoms with van der Waals surface area (Å²) in [5, 5.41) is 7.59. The first-order chi connectivity index (χ1) is 9.60. The lowest BCUT2D eigenvalue weighted by Gasteiger charge is -2.01. The molecule has 0 saturated carbocycles. The molecular weight excluding hydrogens is 351 g/mol. The lowest BCUT2D eigenvalue weighted by molar-refractivity contribution is 0.0475. The number of nitrogens with zero attached hydrogens (tertiary/aromatic N) is 2. The summed E-state index contributed by atoms with van der Waals surface area (Å²) in [6.45, 7) is 1.93. The van der Waals surface area contributed by atoms with Gasteiger partial charge in [-0.2, -0.15) is 0 Å².